The molecule has 2 aromatic rings. The van der Waals surface area contributed by atoms with Crippen molar-refractivity contribution in [1.29, 1.82) is 0 Å². The fourth-order valence-electron chi connectivity index (χ4n) is 1.32. The number of nitrogens with zero attached hydrogens (tertiary/aromatic N) is 3. The number of aromatic nitrogens is 3. The van der Waals surface area contributed by atoms with Gasteiger partial charge in [-0.25, -0.2) is 0 Å². The average Bonchev–Trinajstić information content (AvgIpc) is 3.12. The van der Waals surface area contributed by atoms with E-state index in [1.165, 1.54) is 0 Å². The predicted octanol–water partition coefficient (Wildman–Crippen LogP) is 6.01. The predicted molar refractivity (Wildman–Crippen MR) is 100 cm³/mol. The zero-order valence-corrected chi connectivity index (χ0v) is 17.7. The molecule has 0 unspecified atom stereocenters. The second kappa shape index (κ2) is 11.0. The van der Waals surface area contributed by atoms with E-state index in [1.807, 2.05) is 61.5 Å². The summed E-state index contributed by atoms with van der Waals surface area (Å²) in [6.45, 7) is 24.2. The topological polar surface area (TPSA) is 65.0 Å². The lowest BCUT2D eigenvalue weighted by atomic mass is 9.93. The molecule has 2 aromatic heterocycles. The minimum Gasteiger partial charge on any atom is -0.425 e. The highest BCUT2D eigenvalue weighted by Gasteiger charge is 2.20. The molecule has 0 saturated heterocycles. The Hall–Kier alpha value is -1.65. The molecule has 0 aliphatic rings. The Bertz CT molecular complexity index is 493. The van der Waals surface area contributed by atoms with Gasteiger partial charge in [0.15, 0.2) is 0 Å². The average molecular weight is 340 g/mol. The first-order valence-corrected chi connectivity index (χ1v) is 8.74. The van der Waals surface area contributed by atoms with Crippen LogP contribution in [0.4, 0.5) is 0 Å². The van der Waals surface area contributed by atoms with Gasteiger partial charge in [-0.2, -0.15) is 0 Å². The first-order valence-electron chi connectivity index (χ1n) is 8.74. The maximum absolute atomic E-state index is 5.23. The molecule has 2 heterocycles. The van der Waals surface area contributed by atoms with Crippen LogP contribution in [0.15, 0.2) is 15.0 Å². The quantitative estimate of drug-likeness (QED) is 0.588. The van der Waals surface area contributed by atoms with Crippen molar-refractivity contribution in [2.75, 3.05) is 0 Å². The van der Waals surface area contributed by atoms with E-state index in [9.17, 15) is 0 Å². The summed E-state index contributed by atoms with van der Waals surface area (Å²) < 4.78 is 10.3. The van der Waals surface area contributed by atoms with Crippen LogP contribution < -0.4 is 0 Å². The van der Waals surface area contributed by atoms with Gasteiger partial charge in [-0.3, -0.25) is 0 Å². The van der Waals surface area contributed by atoms with Crippen LogP contribution in [-0.4, -0.2) is 15.4 Å². The van der Waals surface area contributed by atoms with Crippen LogP contribution in [0.2, 0.25) is 0 Å². The Kier molecular flexibility index (Phi) is 11.3. The summed E-state index contributed by atoms with van der Waals surface area (Å²) in [4.78, 5) is 0. The van der Waals surface area contributed by atoms with E-state index < -0.39 is 0 Å². The van der Waals surface area contributed by atoms with Gasteiger partial charge in [-0.05, 0) is 6.92 Å². The van der Waals surface area contributed by atoms with Gasteiger partial charge in [0.05, 0.1) is 5.69 Å². The molecular weight excluding hydrogens is 302 g/mol. The van der Waals surface area contributed by atoms with Crippen molar-refractivity contribution in [3.63, 3.8) is 0 Å². The second-order valence-electron chi connectivity index (χ2n) is 6.96. The Balaban J connectivity index is 0. The molecule has 0 saturated carbocycles. The summed E-state index contributed by atoms with van der Waals surface area (Å²) >= 11 is 0. The van der Waals surface area contributed by atoms with E-state index in [1.54, 1.807) is 6.92 Å². The van der Waals surface area contributed by atoms with Crippen LogP contribution in [-0.2, 0) is 10.8 Å². The van der Waals surface area contributed by atoms with Crippen molar-refractivity contribution >= 4 is 0 Å². The zero-order valence-electron chi connectivity index (χ0n) is 17.7. The van der Waals surface area contributed by atoms with Gasteiger partial charge < -0.3 is 8.94 Å². The Labute approximate surface area is 148 Å². The van der Waals surface area contributed by atoms with E-state index in [0.29, 0.717) is 11.8 Å². The molecule has 0 fully saturated rings. The van der Waals surface area contributed by atoms with Gasteiger partial charge in [0.25, 0.3) is 0 Å². The lowest BCUT2D eigenvalue weighted by Crippen LogP contribution is -2.11. The minimum absolute atomic E-state index is 0.0265. The standard InChI is InChI=1S/C8H13NO.C7H12N2O.2C2H6/c1-6-5-7(10-9-6)8(2,3)4;1-5-8-9-6(10-5)7(2,3)4;2*1-2/h5H,1-4H3;1-4H3;2*1-2H3. The van der Waals surface area contributed by atoms with Crippen LogP contribution in [0, 0.1) is 13.8 Å². The second-order valence-corrected chi connectivity index (χ2v) is 6.96. The summed E-state index contributed by atoms with van der Waals surface area (Å²) in [6.07, 6.45) is 0. The summed E-state index contributed by atoms with van der Waals surface area (Å²) in [5.41, 5.74) is 1.01. The van der Waals surface area contributed by atoms with Crippen LogP contribution in [0.5, 0.6) is 0 Å². The Morgan fingerprint density at radius 1 is 0.792 bits per heavy atom. The molecular formula is C19H37N3O2. The highest BCUT2D eigenvalue weighted by molar-refractivity contribution is 5.11. The first kappa shape index (κ1) is 24.6. The third kappa shape index (κ3) is 9.48. The fraction of sp³-hybridized carbons (Fsp3) is 0.737. The van der Waals surface area contributed by atoms with Crippen molar-refractivity contribution < 1.29 is 8.94 Å². The third-order valence-electron chi connectivity index (χ3n) is 2.53. The Morgan fingerprint density at radius 2 is 1.29 bits per heavy atom. The Morgan fingerprint density at radius 3 is 1.46 bits per heavy atom. The van der Waals surface area contributed by atoms with Crippen molar-refractivity contribution in [3.05, 3.63) is 29.3 Å². The van der Waals surface area contributed by atoms with Gasteiger partial charge in [0.2, 0.25) is 11.8 Å². The minimum atomic E-state index is -0.0265. The molecule has 5 nitrogen and oxygen atoms in total. The third-order valence-corrected chi connectivity index (χ3v) is 2.53. The zero-order chi connectivity index (χ0) is 19.6. The molecule has 0 aliphatic heterocycles. The van der Waals surface area contributed by atoms with E-state index in [4.69, 9.17) is 8.94 Å². The molecule has 0 atom stereocenters. The molecule has 0 aliphatic carbocycles. The van der Waals surface area contributed by atoms with Crippen LogP contribution >= 0.6 is 0 Å². The van der Waals surface area contributed by atoms with E-state index >= 15 is 0 Å². The first-order chi connectivity index (χ1) is 11.0. The number of rotatable bonds is 0. The van der Waals surface area contributed by atoms with E-state index in [-0.39, 0.29) is 10.8 Å². The van der Waals surface area contributed by atoms with Gasteiger partial charge in [-0.15, -0.1) is 10.2 Å². The SMILES string of the molecule is CC.CC.Cc1cc(C(C)(C)C)on1.Cc1nnc(C(C)(C)C)o1. The summed E-state index contributed by atoms with van der Waals surface area (Å²) in [6, 6.07) is 1.97. The van der Waals surface area contributed by atoms with Crippen LogP contribution in [0.1, 0.15) is 92.5 Å². The van der Waals surface area contributed by atoms with E-state index in [0.717, 1.165) is 11.5 Å². The monoisotopic (exact) mass is 339 g/mol. The summed E-state index contributed by atoms with van der Waals surface area (Å²) in [7, 11) is 0. The molecule has 24 heavy (non-hydrogen) atoms. The van der Waals surface area contributed by atoms with Crippen LogP contribution in [0.25, 0.3) is 0 Å². The molecule has 5 heteroatoms. The van der Waals surface area contributed by atoms with E-state index in [2.05, 4.69) is 36.1 Å². The molecule has 0 amide bonds. The smallest absolute Gasteiger partial charge is 0.221 e. The largest absolute Gasteiger partial charge is 0.425 e. The summed E-state index contributed by atoms with van der Waals surface area (Å²) in [5.74, 6) is 2.28. The lowest BCUT2D eigenvalue weighted by Gasteiger charge is -2.11. The van der Waals surface area contributed by atoms with Crippen LogP contribution in [0.3, 0.4) is 0 Å². The highest BCUT2D eigenvalue weighted by Crippen LogP contribution is 2.22. The molecule has 0 spiro atoms. The normalized spacial score (nSPS) is 10.5. The van der Waals surface area contributed by atoms with Crippen molar-refractivity contribution in [2.24, 2.45) is 0 Å². The summed E-state index contributed by atoms with van der Waals surface area (Å²) in [5, 5.41) is 11.4. The van der Waals surface area contributed by atoms with Crippen molar-refractivity contribution in [1.82, 2.24) is 15.4 Å². The number of aryl methyl sites for hydroxylation is 2. The van der Waals surface area contributed by atoms with Gasteiger partial charge >= 0.3 is 0 Å². The number of hydrogen-bond donors (Lipinski definition) is 0. The maximum atomic E-state index is 5.23. The van der Waals surface area contributed by atoms with Crippen molar-refractivity contribution in [2.45, 2.75) is 93.9 Å². The molecule has 0 aromatic carbocycles. The lowest BCUT2D eigenvalue weighted by molar-refractivity contribution is 0.327. The fourth-order valence-corrected chi connectivity index (χ4v) is 1.32. The number of hydrogen-bond acceptors (Lipinski definition) is 5. The molecule has 0 N–H and O–H groups in total. The van der Waals surface area contributed by atoms with Gasteiger partial charge in [0, 0.05) is 23.8 Å². The molecule has 140 valence electrons. The maximum Gasteiger partial charge on any atom is 0.221 e. The highest BCUT2D eigenvalue weighted by atomic mass is 16.5. The molecule has 0 bridgehead atoms. The van der Waals surface area contributed by atoms with Crippen molar-refractivity contribution in [3.8, 4) is 0 Å². The molecule has 2 rings (SSSR count). The van der Waals surface area contributed by atoms with Gasteiger partial charge in [-0.1, -0.05) is 74.4 Å². The molecule has 0 radical (unpaired) electrons. The van der Waals surface area contributed by atoms with Gasteiger partial charge in [0.1, 0.15) is 5.76 Å².